The van der Waals surface area contributed by atoms with Crippen molar-refractivity contribution in [2.75, 3.05) is 14.2 Å². The lowest BCUT2D eigenvalue weighted by molar-refractivity contribution is -0.160. The normalized spacial score (nSPS) is 27.2. The predicted molar refractivity (Wildman–Crippen MR) is 140 cm³/mol. The molecule has 2 aromatic heterocycles. The average molecular weight is 557 g/mol. The monoisotopic (exact) mass is 556 g/mol. The first-order valence-corrected chi connectivity index (χ1v) is 13.2. The smallest absolute Gasteiger partial charge is 0.331 e. The van der Waals surface area contributed by atoms with Gasteiger partial charge in [0.25, 0.3) is 0 Å². The summed E-state index contributed by atoms with van der Waals surface area (Å²) in [7, 11) is 2.66. The van der Waals surface area contributed by atoms with E-state index in [1.165, 1.54) is 39.7 Å². The van der Waals surface area contributed by atoms with Gasteiger partial charge < -0.3 is 27.8 Å². The molecule has 10 heteroatoms. The maximum Gasteiger partial charge on any atom is 0.331 e. The Morgan fingerprint density at radius 2 is 1.77 bits per heavy atom. The van der Waals surface area contributed by atoms with Gasteiger partial charge in [0.1, 0.15) is 23.7 Å². The third kappa shape index (κ3) is 5.19. The average Bonchev–Trinajstić information content (AvgIpc) is 3.59. The highest BCUT2D eigenvalue weighted by molar-refractivity contribution is 5.94. The van der Waals surface area contributed by atoms with Gasteiger partial charge in [0.05, 0.1) is 26.7 Å². The van der Waals surface area contributed by atoms with Gasteiger partial charge in [-0.3, -0.25) is 14.4 Å². The van der Waals surface area contributed by atoms with Crippen molar-refractivity contribution in [3.05, 3.63) is 53.4 Å². The first kappa shape index (κ1) is 29.2. The minimum atomic E-state index is -0.909. The van der Waals surface area contributed by atoms with Crippen molar-refractivity contribution < 1.29 is 47.0 Å². The molecule has 10 nitrogen and oxygen atoms in total. The summed E-state index contributed by atoms with van der Waals surface area (Å²) in [6.45, 7) is 9.09. The maximum absolute atomic E-state index is 12.9. The van der Waals surface area contributed by atoms with E-state index in [2.05, 4.69) is 0 Å². The van der Waals surface area contributed by atoms with Crippen molar-refractivity contribution in [2.45, 2.75) is 72.0 Å². The van der Waals surface area contributed by atoms with Crippen molar-refractivity contribution in [1.82, 2.24) is 0 Å². The van der Waals surface area contributed by atoms with E-state index in [4.69, 9.17) is 27.8 Å². The number of ether oxygens (including phenoxy) is 4. The molecule has 5 atom stereocenters. The molecule has 3 heterocycles. The van der Waals surface area contributed by atoms with Crippen LogP contribution in [0.25, 0.3) is 5.57 Å². The zero-order valence-electron chi connectivity index (χ0n) is 23.9. The molecule has 4 rings (SSSR count). The van der Waals surface area contributed by atoms with Gasteiger partial charge in [0, 0.05) is 59.3 Å². The van der Waals surface area contributed by atoms with Crippen LogP contribution in [0.5, 0.6) is 0 Å². The van der Waals surface area contributed by atoms with Crippen LogP contribution in [-0.2, 0) is 38.1 Å². The van der Waals surface area contributed by atoms with Crippen LogP contribution in [0.1, 0.15) is 94.7 Å². The summed E-state index contributed by atoms with van der Waals surface area (Å²) >= 11 is 0. The first-order chi connectivity index (χ1) is 18.8. The topological polar surface area (TPSA) is 131 Å². The van der Waals surface area contributed by atoms with Crippen molar-refractivity contribution in [2.24, 2.45) is 16.7 Å². The van der Waals surface area contributed by atoms with E-state index in [1.807, 2.05) is 27.7 Å². The lowest BCUT2D eigenvalue weighted by Crippen LogP contribution is -2.41. The fourth-order valence-corrected chi connectivity index (χ4v) is 6.27. The summed E-state index contributed by atoms with van der Waals surface area (Å²) in [6.07, 6.45) is 3.33. The van der Waals surface area contributed by atoms with E-state index < -0.39 is 40.9 Å². The Hall–Kier alpha value is -3.82. The molecule has 0 unspecified atom stereocenters. The Morgan fingerprint density at radius 1 is 1.07 bits per heavy atom. The number of cyclic esters (lactones) is 1. The van der Waals surface area contributed by atoms with E-state index in [9.17, 15) is 19.2 Å². The minimum Gasteiger partial charge on any atom is -0.472 e. The maximum atomic E-state index is 12.9. The SMILES string of the molecule is COC(=O)CC[C@]1(C)C(c2cc3c(o2)[C@H](C)[C@@H](CC(=O)OC)C(C)(C)[C@H]3OC(C)=O)=CC(=O)O[C@H]1c1ccoc1. The summed E-state index contributed by atoms with van der Waals surface area (Å²) in [5, 5.41) is 0. The number of fused-ring (bicyclic) bond motifs is 1. The molecule has 2 aromatic rings. The molecular formula is C30H36O10. The van der Waals surface area contributed by atoms with Crippen LogP contribution >= 0.6 is 0 Å². The lowest BCUT2D eigenvalue weighted by Gasteiger charge is -2.46. The largest absolute Gasteiger partial charge is 0.472 e. The van der Waals surface area contributed by atoms with Crippen LogP contribution in [0, 0.1) is 16.7 Å². The standard InChI is InChI=1S/C30H36O10/c1-16-20(13-24(33)36-7)29(3,4)28(38-17(2)31)19-12-22(39-26(16)19)21-14-25(34)40-27(18-9-11-37-15-18)30(21,5)10-8-23(32)35-6/h9,11-12,14-16,20,27-28H,8,10,13H2,1-7H3/t16-,20-,27+,28+,30-/m1/s1. The van der Waals surface area contributed by atoms with E-state index >= 15 is 0 Å². The van der Waals surface area contributed by atoms with Gasteiger partial charge in [-0.2, -0.15) is 0 Å². The van der Waals surface area contributed by atoms with Crippen LogP contribution in [0.15, 0.2) is 39.6 Å². The van der Waals surface area contributed by atoms with E-state index in [-0.39, 0.29) is 37.1 Å². The van der Waals surface area contributed by atoms with Crippen LogP contribution < -0.4 is 0 Å². The molecule has 216 valence electrons. The number of hydrogen-bond donors (Lipinski definition) is 0. The number of hydrogen-bond acceptors (Lipinski definition) is 10. The Balaban J connectivity index is 1.86. The number of carbonyl (C=O) groups excluding carboxylic acids is 4. The molecule has 1 aliphatic carbocycles. The second-order valence-electron chi connectivity index (χ2n) is 11.3. The zero-order valence-corrected chi connectivity index (χ0v) is 23.9. The first-order valence-electron chi connectivity index (χ1n) is 13.2. The number of furan rings is 2. The van der Waals surface area contributed by atoms with E-state index in [1.54, 1.807) is 12.1 Å². The Bertz CT molecular complexity index is 1310. The summed E-state index contributed by atoms with van der Waals surface area (Å²) < 4.78 is 33.2. The van der Waals surface area contributed by atoms with Gasteiger partial charge in [-0.25, -0.2) is 4.79 Å². The van der Waals surface area contributed by atoms with Crippen molar-refractivity contribution in [3.63, 3.8) is 0 Å². The lowest BCUT2D eigenvalue weighted by atomic mass is 9.61. The van der Waals surface area contributed by atoms with Crippen LogP contribution in [-0.4, -0.2) is 38.1 Å². The third-order valence-corrected chi connectivity index (χ3v) is 8.50. The van der Waals surface area contributed by atoms with Crippen molar-refractivity contribution in [3.8, 4) is 0 Å². The molecule has 1 aliphatic heterocycles. The van der Waals surface area contributed by atoms with Crippen LogP contribution in [0.2, 0.25) is 0 Å². The van der Waals surface area contributed by atoms with Gasteiger partial charge in [0.15, 0.2) is 0 Å². The fourth-order valence-electron chi connectivity index (χ4n) is 6.27. The number of methoxy groups -OCH3 is 2. The molecular weight excluding hydrogens is 520 g/mol. The van der Waals surface area contributed by atoms with Gasteiger partial charge in [-0.05, 0) is 24.5 Å². The highest BCUT2D eigenvalue weighted by atomic mass is 16.6. The van der Waals surface area contributed by atoms with Gasteiger partial charge >= 0.3 is 23.9 Å². The molecule has 0 radical (unpaired) electrons. The van der Waals surface area contributed by atoms with E-state index in [0.29, 0.717) is 28.2 Å². The number of carbonyl (C=O) groups is 4. The second kappa shape index (κ2) is 11.0. The predicted octanol–water partition coefficient (Wildman–Crippen LogP) is 5.44. The summed E-state index contributed by atoms with van der Waals surface area (Å²) in [6, 6.07) is 3.51. The molecule has 0 spiro atoms. The summed E-state index contributed by atoms with van der Waals surface area (Å²) in [5.74, 6) is -1.39. The van der Waals surface area contributed by atoms with Crippen molar-refractivity contribution in [1.29, 1.82) is 0 Å². The Kier molecular flexibility index (Phi) is 8.01. The van der Waals surface area contributed by atoms with Crippen molar-refractivity contribution >= 4 is 29.5 Å². The molecule has 0 amide bonds. The molecule has 0 saturated carbocycles. The number of esters is 4. The fraction of sp³-hybridized carbons (Fsp3) is 0.533. The molecule has 0 bridgehead atoms. The molecule has 0 N–H and O–H groups in total. The van der Waals surface area contributed by atoms with Gasteiger partial charge in [-0.15, -0.1) is 0 Å². The Morgan fingerprint density at radius 3 is 2.38 bits per heavy atom. The molecule has 0 fully saturated rings. The Labute approximate surface area is 233 Å². The highest BCUT2D eigenvalue weighted by Crippen LogP contribution is 2.59. The zero-order chi connectivity index (χ0) is 29.4. The summed E-state index contributed by atoms with van der Waals surface area (Å²) in [5.41, 5.74) is 0.269. The summed E-state index contributed by atoms with van der Waals surface area (Å²) in [4.78, 5) is 49.6. The number of rotatable bonds is 8. The third-order valence-electron chi connectivity index (χ3n) is 8.50. The van der Waals surface area contributed by atoms with Crippen LogP contribution in [0.4, 0.5) is 0 Å². The molecule has 40 heavy (non-hydrogen) atoms. The molecule has 0 saturated heterocycles. The van der Waals surface area contributed by atoms with E-state index in [0.717, 1.165) is 0 Å². The quantitative estimate of drug-likeness (QED) is 0.306. The van der Waals surface area contributed by atoms with Gasteiger partial charge in [0.2, 0.25) is 0 Å². The minimum absolute atomic E-state index is 0.0668. The molecule has 0 aromatic carbocycles. The van der Waals surface area contributed by atoms with Gasteiger partial charge in [-0.1, -0.05) is 27.7 Å². The second-order valence-corrected chi connectivity index (χ2v) is 11.3. The highest BCUT2D eigenvalue weighted by Gasteiger charge is 2.53. The molecule has 2 aliphatic rings. The van der Waals surface area contributed by atoms with Crippen LogP contribution in [0.3, 0.4) is 0 Å².